The van der Waals surface area contributed by atoms with Crippen LogP contribution in [0.25, 0.3) is 0 Å². The van der Waals surface area contributed by atoms with Crippen LogP contribution in [0.3, 0.4) is 0 Å². The first-order valence-electron chi connectivity index (χ1n) is 10.2. The van der Waals surface area contributed by atoms with Crippen LogP contribution >= 0.6 is 0 Å². The van der Waals surface area contributed by atoms with Crippen LogP contribution in [0, 0.1) is 0 Å². The van der Waals surface area contributed by atoms with Gasteiger partial charge in [0.05, 0.1) is 11.2 Å². The van der Waals surface area contributed by atoms with Crippen molar-refractivity contribution in [1.29, 1.82) is 0 Å². The summed E-state index contributed by atoms with van der Waals surface area (Å²) in [5.41, 5.74) is 1.89. The van der Waals surface area contributed by atoms with Gasteiger partial charge in [-0.15, -0.1) is 0 Å². The van der Waals surface area contributed by atoms with Gasteiger partial charge in [0.25, 0.3) is 0 Å². The van der Waals surface area contributed by atoms with Crippen LogP contribution < -0.4 is 0 Å². The lowest BCUT2D eigenvalue weighted by molar-refractivity contribution is -0.122. The number of rotatable bonds is 8. The van der Waals surface area contributed by atoms with Crippen molar-refractivity contribution in [3.63, 3.8) is 0 Å². The molecule has 0 saturated heterocycles. The Kier molecular flexibility index (Phi) is 6.84. The number of aliphatic hydroxyl groups is 2. The van der Waals surface area contributed by atoms with Crippen LogP contribution in [0.2, 0.25) is 0 Å². The molecule has 2 aromatic rings. The van der Waals surface area contributed by atoms with Gasteiger partial charge in [0, 0.05) is 11.8 Å². The number of ketones is 1. The maximum atomic E-state index is 13.4. The summed E-state index contributed by atoms with van der Waals surface area (Å²) in [5, 5.41) is 20.3. The molecular formula is C25H34O3. The van der Waals surface area contributed by atoms with E-state index in [1.807, 2.05) is 62.4 Å². The third-order valence-electron chi connectivity index (χ3n) is 5.54. The molecule has 152 valence electrons. The molecule has 28 heavy (non-hydrogen) atoms. The minimum atomic E-state index is -0.890. The number of benzene rings is 2. The molecule has 0 radical (unpaired) electrons. The number of carbonyl (C=O) groups excluding carboxylic acids is 1. The summed E-state index contributed by atoms with van der Waals surface area (Å²) in [5.74, 6) is -0.124. The lowest BCUT2D eigenvalue weighted by atomic mass is 9.80. The minimum Gasteiger partial charge on any atom is -0.386 e. The number of Topliss-reactive ketones (excluding diaryl/α,β-unsaturated/α-hetero) is 1. The average Bonchev–Trinajstić information content (AvgIpc) is 2.62. The third-order valence-corrected chi connectivity index (χ3v) is 5.54. The highest BCUT2D eigenvalue weighted by atomic mass is 16.3. The maximum Gasteiger partial charge on any atom is 0.147 e. The summed E-state index contributed by atoms with van der Waals surface area (Å²) in [7, 11) is 0. The summed E-state index contributed by atoms with van der Waals surface area (Å²) in [6, 6.07) is 15.5. The Hall–Kier alpha value is -1.97. The summed E-state index contributed by atoms with van der Waals surface area (Å²) in [6.45, 7) is 11.1. The van der Waals surface area contributed by atoms with Crippen molar-refractivity contribution in [2.24, 2.45) is 0 Å². The number of hydrogen-bond acceptors (Lipinski definition) is 3. The Morgan fingerprint density at radius 3 is 1.21 bits per heavy atom. The summed E-state index contributed by atoms with van der Waals surface area (Å²) in [6.07, 6.45) is 1.47. The highest BCUT2D eigenvalue weighted by Gasteiger charge is 2.28. The van der Waals surface area contributed by atoms with E-state index in [0.717, 1.165) is 35.1 Å². The van der Waals surface area contributed by atoms with E-state index in [4.69, 9.17) is 0 Å². The van der Waals surface area contributed by atoms with Crippen molar-refractivity contribution < 1.29 is 15.0 Å². The zero-order valence-electron chi connectivity index (χ0n) is 18.0. The molecule has 2 aromatic carbocycles. The fourth-order valence-electron chi connectivity index (χ4n) is 3.69. The zero-order chi connectivity index (χ0) is 21.1. The maximum absolute atomic E-state index is 13.4. The summed E-state index contributed by atoms with van der Waals surface area (Å²) < 4.78 is 0. The van der Waals surface area contributed by atoms with Crippen LogP contribution in [0.4, 0.5) is 0 Å². The smallest absolute Gasteiger partial charge is 0.147 e. The van der Waals surface area contributed by atoms with Gasteiger partial charge in [-0.25, -0.2) is 0 Å². The van der Waals surface area contributed by atoms with Crippen molar-refractivity contribution in [1.82, 2.24) is 0 Å². The predicted octanol–water partition coefficient (Wildman–Crippen LogP) is 5.40. The molecule has 0 aliphatic rings. The van der Waals surface area contributed by atoms with E-state index >= 15 is 0 Å². The van der Waals surface area contributed by atoms with Gasteiger partial charge in [0.1, 0.15) is 5.78 Å². The molecule has 0 spiro atoms. The van der Waals surface area contributed by atoms with Crippen molar-refractivity contribution in [2.45, 2.75) is 77.4 Å². The SMILES string of the molecule is CCC(C(=O)C(CC)c1ccc(C(C)(C)O)cc1)c1ccc(C(C)(C)O)cc1. The standard InChI is InChI=1S/C25H34O3/c1-7-21(17-9-13-19(14-10-17)24(3,4)27)23(26)22(8-2)18-11-15-20(16-12-18)25(5,6)28/h9-16,21-22,27-28H,7-8H2,1-6H3. The van der Waals surface area contributed by atoms with E-state index in [1.54, 1.807) is 27.7 Å². The molecule has 0 saturated carbocycles. The van der Waals surface area contributed by atoms with E-state index in [-0.39, 0.29) is 17.6 Å². The number of hydrogen-bond donors (Lipinski definition) is 2. The van der Waals surface area contributed by atoms with Crippen molar-refractivity contribution in [3.8, 4) is 0 Å². The summed E-state index contributed by atoms with van der Waals surface area (Å²) in [4.78, 5) is 13.4. The fourth-order valence-corrected chi connectivity index (χ4v) is 3.69. The molecule has 3 nitrogen and oxygen atoms in total. The minimum absolute atomic E-state index is 0.172. The van der Waals surface area contributed by atoms with Gasteiger partial charge in [0.15, 0.2) is 0 Å². The Morgan fingerprint density at radius 1 is 0.714 bits per heavy atom. The Balaban J connectivity index is 2.29. The third kappa shape index (κ3) is 5.09. The van der Waals surface area contributed by atoms with Crippen LogP contribution in [-0.2, 0) is 16.0 Å². The molecule has 2 unspecified atom stereocenters. The highest BCUT2D eigenvalue weighted by molar-refractivity contribution is 5.91. The number of carbonyl (C=O) groups is 1. The molecule has 0 fully saturated rings. The lowest BCUT2D eigenvalue weighted by Crippen LogP contribution is -2.21. The van der Waals surface area contributed by atoms with Gasteiger partial charge in [-0.3, -0.25) is 4.79 Å². The Labute approximate surface area is 169 Å². The van der Waals surface area contributed by atoms with Crippen LogP contribution in [0.5, 0.6) is 0 Å². The van der Waals surface area contributed by atoms with Gasteiger partial charge in [-0.1, -0.05) is 62.4 Å². The van der Waals surface area contributed by atoms with Crippen LogP contribution in [0.15, 0.2) is 48.5 Å². The second-order valence-corrected chi connectivity index (χ2v) is 8.69. The molecule has 0 aliphatic heterocycles. The zero-order valence-corrected chi connectivity index (χ0v) is 18.0. The van der Waals surface area contributed by atoms with E-state index < -0.39 is 11.2 Å². The fraction of sp³-hybridized carbons (Fsp3) is 0.480. The molecule has 2 N–H and O–H groups in total. The van der Waals surface area contributed by atoms with Crippen LogP contribution in [0.1, 0.15) is 88.5 Å². The summed E-state index contributed by atoms with van der Waals surface area (Å²) >= 11 is 0. The second-order valence-electron chi connectivity index (χ2n) is 8.69. The Bertz CT molecular complexity index is 707. The topological polar surface area (TPSA) is 57.5 Å². The van der Waals surface area contributed by atoms with Gasteiger partial charge in [-0.05, 0) is 62.8 Å². The highest BCUT2D eigenvalue weighted by Crippen LogP contribution is 2.33. The molecule has 0 aromatic heterocycles. The first kappa shape index (κ1) is 22.3. The molecule has 3 heteroatoms. The van der Waals surface area contributed by atoms with Gasteiger partial charge in [-0.2, -0.15) is 0 Å². The first-order chi connectivity index (χ1) is 13.0. The van der Waals surface area contributed by atoms with E-state index in [1.165, 1.54) is 0 Å². The van der Waals surface area contributed by atoms with E-state index in [9.17, 15) is 15.0 Å². The molecule has 0 aliphatic carbocycles. The molecule has 2 rings (SSSR count). The predicted molar refractivity (Wildman–Crippen MR) is 114 cm³/mol. The largest absolute Gasteiger partial charge is 0.386 e. The molecule has 2 atom stereocenters. The molecule has 0 heterocycles. The van der Waals surface area contributed by atoms with Gasteiger partial charge in [0.2, 0.25) is 0 Å². The normalized spacial score (nSPS) is 14.6. The van der Waals surface area contributed by atoms with Gasteiger partial charge < -0.3 is 10.2 Å². The average molecular weight is 383 g/mol. The molecule has 0 amide bonds. The first-order valence-corrected chi connectivity index (χ1v) is 10.2. The monoisotopic (exact) mass is 382 g/mol. The quantitative estimate of drug-likeness (QED) is 0.643. The second kappa shape index (κ2) is 8.59. The van der Waals surface area contributed by atoms with E-state index in [2.05, 4.69) is 0 Å². The lowest BCUT2D eigenvalue weighted by Gasteiger charge is -2.24. The van der Waals surface area contributed by atoms with Crippen molar-refractivity contribution >= 4 is 5.78 Å². The molecule has 0 bridgehead atoms. The van der Waals surface area contributed by atoms with Crippen LogP contribution in [-0.4, -0.2) is 16.0 Å². The van der Waals surface area contributed by atoms with Crippen molar-refractivity contribution in [2.75, 3.05) is 0 Å². The van der Waals surface area contributed by atoms with E-state index in [0.29, 0.717) is 0 Å². The Morgan fingerprint density at radius 2 is 1.00 bits per heavy atom. The van der Waals surface area contributed by atoms with Gasteiger partial charge >= 0.3 is 0 Å². The van der Waals surface area contributed by atoms with Crippen molar-refractivity contribution in [3.05, 3.63) is 70.8 Å². The molecular weight excluding hydrogens is 348 g/mol.